The van der Waals surface area contributed by atoms with E-state index in [1.807, 2.05) is 46.8 Å². The Morgan fingerprint density at radius 2 is 1.75 bits per heavy atom. The Labute approximate surface area is 129 Å². The zero-order valence-electron chi connectivity index (χ0n) is 12.7. The van der Waals surface area contributed by atoms with Crippen molar-refractivity contribution in [2.45, 2.75) is 46.8 Å². The summed E-state index contributed by atoms with van der Waals surface area (Å²) < 4.78 is 5.59. The molecule has 0 unspecified atom stereocenters. The quantitative estimate of drug-likeness (QED) is 0.658. The third kappa shape index (κ3) is 7.46. The fourth-order valence-electron chi connectivity index (χ4n) is 1.25. The molecule has 1 rings (SSSR count). The average Bonchev–Trinajstić information content (AvgIpc) is 2.40. The van der Waals surface area contributed by atoms with Crippen molar-refractivity contribution in [2.75, 3.05) is 0 Å². The van der Waals surface area contributed by atoms with Gasteiger partial charge in [-0.25, -0.2) is 4.79 Å². The monoisotopic (exact) mass is 342 g/mol. The number of ether oxygens (including phenoxy) is 1. The van der Waals surface area contributed by atoms with Gasteiger partial charge in [0.05, 0.1) is 6.61 Å². The summed E-state index contributed by atoms with van der Waals surface area (Å²) in [5.74, 6) is -0.395. The van der Waals surface area contributed by atoms with E-state index in [0.29, 0.717) is 4.48 Å². The fraction of sp³-hybridized carbons (Fsp3) is 0.438. The van der Waals surface area contributed by atoms with Gasteiger partial charge in [-0.05, 0) is 53.9 Å². The largest absolute Gasteiger partial charge is 0.456 e. The van der Waals surface area contributed by atoms with Crippen LogP contribution in [0.25, 0.3) is 6.08 Å². The molecule has 112 valence electrons. The third-order valence-corrected chi connectivity index (χ3v) is 2.60. The van der Waals surface area contributed by atoms with E-state index < -0.39 is 11.6 Å². The standard InChI is InChI=1S/C14H17BrO3.C2H6/c1-14(2,3)18-13(17)12(15)8-10-4-6-11(9-16)7-5-10;1-2/h4-8,16H,9H2,1-3H3;1-2H3/b12-8-;. The van der Waals surface area contributed by atoms with Crippen LogP contribution in [-0.4, -0.2) is 16.7 Å². The number of carbonyl (C=O) groups is 1. The van der Waals surface area contributed by atoms with E-state index >= 15 is 0 Å². The molecule has 20 heavy (non-hydrogen) atoms. The van der Waals surface area contributed by atoms with Crippen molar-refractivity contribution in [2.24, 2.45) is 0 Å². The van der Waals surface area contributed by atoms with Gasteiger partial charge in [-0.1, -0.05) is 38.1 Å². The molecule has 4 heteroatoms. The van der Waals surface area contributed by atoms with Crippen LogP contribution in [0.2, 0.25) is 0 Å². The Kier molecular flexibility index (Phi) is 8.42. The maximum Gasteiger partial charge on any atom is 0.345 e. The summed E-state index contributed by atoms with van der Waals surface area (Å²) in [6.45, 7) is 9.47. The molecule has 0 bridgehead atoms. The predicted molar refractivity (Wildman–Crippen MR) is 86.5 cm³/mol. The van der Waals surface area contributed by atoms with Crippen molar-refractivity contribution in [3.8, 4) is 0 Å². The number of hydrogen-bond donors (Lipinski definition) is 1. The number of aliphatic hydroxyl groups excluding tert-OH is 1. The molecule has 1 aromatic carbocycles. The maximum absolute atomic E-state index is 11.7. The molecular weight excluding hydrogens is 320 g/mol. The zero-order chi connectivity index (χ0) is 15.8. The first-order valence-corrected chi connectivity index (χ1v) is 7.41. The van der Waals surface area contributed by atoms with Crippen LogP contribution < -0.4 is 0 Å². The van der Waals surface area contributed by atoms with Crippen molar-refractivity contribution in [1.82, 2.24) is 0 Å². The number of hydrogen-bond acceptors (Lipinski definition) is 3. The second-order valence-corrected chi connectivity index (χ2v) is 5.75. The SMILES string of the molecule is CC.CC(C)(C)OC(=O)/C(Br)=C/c1ccc(CO)cc1. The minimum Gasteiger partial charge on any atom is -0.456 e. The summed E-state index contributed by atoms with van der Waals surface area (Å²) in [5, 5.41) is 8.93. The minimum atomic E-state index is -0.509. The first kappa shape index (κ1) is 18.9. The molecule has 0 aliphatic rings. The zero-order valence-corrected chi connectivity index (χ0v) is 14.3. The molecule has 0 aromatic heterocycles. The van der Waals surface area contributed by atoms with Crippen molar-refractivity contribution >= 4 is 28.0 Å². The topological polar surface area (TPSA) is 46.5 Å². The second kappa shape index (κ2) is 8.93. The Morgan fingerprint density at radius 1 is 1.25 bits per heavy atom. The van der Waals surface area contributed by atoms with Gasteiger partial charge in [0.1, 0.15) is 10.1 Å². The minimum absolute atomic E-state index is 0.0111. The van der Waals surface area contributed by atoms with Gasteiger partial charge in [0.25, 0.3) is 0 Å². The highest BCUT2D eigenvalue weighted by molar-refractivity contribution is 9.12. The molecule has 0 aliphatic heterocycles. The summed E-state index contributed by atoms with van der Waals surface area (Å²) in [6, 6.07) is 7.27. The van der Waals surface area contributed by atoms with Crippen LogP contribution in [0.1, 0.15) is 45.7 Å². The molecule has 0 atom stereocenters. The lowest BCUT2D eigenvalue weighted by Crippen LogP contribution is -2.23. The highest BCUT2D eigenvalue weighted by Crippen LogP contribution is 2.18. The van der Waals surface area contributed by atoms with E-state index in [0.717, 1.165) is 11.1 Å². The van der Waals surface area contributed by atoms with Crippen LogP contribution in [0.5, 0.6) is 0 Å². The van der Waals surface area contributed by atoms with Crippen LogP contribution >= 0.6 is 15.9 Å². The van der Waals surface area contributed by atoms with Crippen LogP contribution in [0, 0.1) is 0 Å². The molecule has 0 spiro atoms. The summed E-state index contributed by atoms with van der Waals surface area (Å²) >= 11 is 3.21. The van der Waals surface area contributed by atoms with Gasteiger partial charge < -0.3 is 9.84 Å². The number of benzene rings is 1. The number of halogens is 1. The third-order valence-electron chi connectivity index (χ3n) is 2.05. The Morgan fingerprint density at radius 3 is 2.15 bits per heavy atom. The molecule has 0 aliphatic carbocycles. The summed E-state index contributed by atoms with van der Waals surface area (Å²) in [5.41, 5.74) is 1.19. The van der Waals surface area contributed by atoms with Gasteiger partial charge in [-0.2, -0.15) is 0 Å². The highest BCUT2D eigenvalue weighted by atomic mass is 79.9. The van der Waals surface area contributed by atoms with E-state index in [2.05, 4.69) is 15.9 Å². The molecule has 0 radical (unpaired) electrons. The van der Waals surface area contributed by atoms with Gasteiger partial charge in [0, 0.05) is 0 Å². The summed E-state index contributed by atoms with van der Waals surface area (Å²) in [6.07, 6.45) is 1.69. The molecule has 0 saturated heterocycles. The van der Waals surface area contributed by atoms with Crippen molar-refractivity contribution in [3.63, 3.8) is 0 Å². The van der Waals surface area contributed by atoms with E-state index in [1.54, 1.807) is 18.2 Å². The molecule has 0 amide bonds. The van der Waals surface area contributed by atoms with E-state index in [9.17, 15) is 4.79 Å². The van der Waals surface area contributed by atoms with E-state index in [4.69, 9.17) is 9.84 Å². The van der Waals surface area contributed by atoms with Crippen LogP contribution in [0.3, 0.4) is 0 Å². The predicted octanol–water partition coefficient (Wildman–Crippen LogP) is 4.28. The number of aliphatic hydroxyl groups is 1. The molecule has 1 aromatic rings. The van der Waals surface area contributed by atoms with Crippen LogP contribution in [-0.2, 0) is 16.1 Å². The van der Waals surface area contributed by atoms with Gasteiger partial charge >= 0.3 is 5.97 Å². The average molecular weight is 343 g/mol. The van der Waals surface area contributed by atoms with E-state index in [-0.39, 0.29) is 6.61 Å². The number of rotatable bonds is 3. The Hall–Kier alpha value is -1.13. The summed E-state index contributed by atoms with van der Waals surface area (Å²) in [7, 11) is 0. The van der Waals surface area contributed by atoms with Crippen molar-refractivity contribution < 1.29 is 14.6 Å². The first-order valence-electron chi connectivity index (χ1n) is 6.62. The molecule has 3 nitrogen and oxygen atoms in total. The van der Waals surface area contributed by atoms with Gasteiger partial charge in [-0.3, -0.25) is 0 Å². The molecule has 0 heterocycles. The number of carbonyl (C=O) groups excluding carboxylic acids is 1. The Bertz CT molecular complexity index is 442. The van der Waals surface area contributed by atoms with Crippen LogP contribution in [0.15, 0.2) is 28.7 Å². The fourth-order valence-corrected chi connectivity index (χ4v) is 1.60. The first-order chi connectivity index (χ1) is 9.31. The van der Waals surface area contributed by atoms with Gasteiger partial charge in [0.2, 0.25) is 0 Å². The molecular formula is C16H23BrO3. The summed E-state index contributed by atoms with van der Waals surface area (Å²) in [4.78, 5) is 11.7. The lowest BCUT2D eigenvalue weighted by Gasteiger charge is -2.19. The highest BCUT2D eigenvalue weighted by Gasteiger charge is 2.18. The van der Waals surface area contributed by atoms with E-state index in [1.165, 1.54) is 0 Å². The Balaban J connectivity index is 0.00000172. The van der Waals surface area contributed by atoms with Crippen molar-refractivity contribution in [1.29, 1.82) is 0 Å². The molecule has 1 N–H and O–H groups in total. The van der Waals surface area contributed by atoms with Gasteiger partial charge in [-0.15, -0.1) is 0 Å². The molecule has 0 fully saturated rings. The maximum atomic E-state index is 11.7. The normalized spacial score (nSPS) is 11.4. The second-order valence-electron chi connectivity index (χ2n) is 4.89. The van der Waals surface area contributed by atoms with Gasteiger partial charge in [0.15, 0.2) is 0 Å². The molecule has 0 saturated carbocycles. The smallest absolute Gasteiger partial charge is 0.345 e. The lowest BCUT2D eigenvalue weighted by atomic mass is 10.1. The van der Waals surface area contributed by atoms with Crippen LogP contribution in [0.4, 0.5) is 0 Å². The van der Waals surface area contributed by atoms with Crippen molar-refractivity contribution in [3.05, 3.63) is 39.9 Å². The number of esters is 1. The lowest BCUT2D eigenvalue weighted by molar-refractivity contribution is -0.148.